The van der Waals surface area contributed by atoms with Gasteiger partial charge in [0.2, 0.25) is 11.7 Å². The lowest BCUT2D eigenvalue weighted by Gasteiger charge is -2.15. The third-order valence-electron chi connectivity index (χ3n) is 5.00. The Morgan fingerprint density at radius 2 is 2.00 bits per heavy atom. The molecular formula is C22H21ClN2O3S. The number of thiophene rings is 1. The largest absolute Gasteiger partial charge is 0.494 e. The van der Waals surface area contributed by atoms with Crippen molar-refractivity contribution in [2.24, 2.45) is 0 Å². The Balaban J connectivity index is 2.14. The molecule has 2 heterocycles. The summed E-state index contributed by atoms with van der Waals surface area (Å²) in [5.41, 5.74) is -0.555. The van der Waals surface area contributed by atoms with Crippen molar-refractivity contribution in [2.75, 3.05) is 0 Å². The summed E-state index contributed by atoms with van der Waals surface area (Å²) in [5.74, 6) is -0.883. The van der Waals surface area contributed by atoms with Crippen molar-refractivity contribution in [3.8, 4) is 11.9 Å². The fourth-order valence-electron chi connectivity index (χ4n) is 3.40. The average molecular weight is 429 g/mol. The van der Waals surface area contributed by atoms with E-state index in [1.807, 2.05) is 30.3 Å². The third kappa shape index (κ3) is 3.81. The summed E-state index contributed by atoms with van der Waals surface area (Å²) in [6, 6.07) is 9.28. The van der Waals surface area contributed by atoms with Gasteiger partial charge in [-0.05, 0) is 25.0 Å². The normalized spacial score (nSPS) is 11.0. The van der Waals surface area contributed by atoms with Crippen LogP contribution in [0.25, 0.3) is 10.1 Å². The van der Waals surface area contributed by atoms with Gasteiger partial charge in [-0.15, -0.1) is 11.3 Å². The van der Waals surface area contributed by atoms with Gasteiger partial charge in [-0.1, -0.05) is 56.0 Å². The van der Waals surface area contributed by atoms with Gasteiger partial charge in [0.15, 0.2) is 0 Å². The molecule has 0 saturated carbocycles. The van der Waals surface area contributed by atoms with Crippen molar-refractivity contribution in [1.82, 2.24) is 4.57 Å². The molecule has 150 valence electrons. The van der Waals surface area contributed by atoms with E-state index in [-0.39, 0.29) is 28.1 Å². The van der Waals surface area contributed by atoms with Crippen molar-refractivity contribution in [1.29, 1.82) is 5.26 Å². The summed E-state index contributed by atoms with van der Waals surface area (Å²) in [6.45, 7) is 3.84. The third-order valence-corrected chi connectivity index (χ3v) is 6.68. The van der Waals surface area contributed by atoms with E-state index in [2.05, 4.69) is 6.92 Å². The zero-order valence-corrected chi connectivity index (χ0v) is 17.9. The Kier molecular flexibility index (Phi) is 6.41. The van der Waals surface area contributed by atoms with E-state index in [0.29, 0.717) is 11.4 Å². The molecule has 3 aromatic rings. The van der Waals surface area contributed by atoms with Crippen LogP contribution in [0.2, 0.25) is 5.02 Å². The maximum absolute atomic E-state index is 13.3. The van der Waals surface area contributed by atoms with Gasteiger partial charge in [-0.25, -0.2) is 0 Å². The van der Waals surface area contributed by atoms with E-state index in [4.69, 9.17) is 11.6 Å². The maximum Gasteiger partial charge on any atom is 0.271 e. The molecule has 1 aromatic carbocycles. The van der Waals surface area contributed by atoms with Crippen LogP contribution >= 0.6 is 22.9 Å². The Bertz CT molecular complexity index is 1190. The second kappa shape index (κ2) is 8.81. The number of benzene rings is 1. The first kappa shape index (κ1) is 21.1. The molecule has 3 rings (SSSR count). The molecule has 0 fully saturated rings. The second-order valence-electron chi connectivity index (χ2n) is 6.90. The van der Waals surface area contributed by atoms with Crippen LogP contribution in [0.4, 0.5) is 0 Å². The summed E-state index contributed by atoms with van der Waals surface area (Å²) in [4.78, 5) is 26.3. The van der Waals surface area contributed by atoms with Crippen molar-refractivity contribution in [3.05, 3.63) is 61.2 Å². The molecule has 0 atom stereocenters. The molecule has 0 aliphatic heterocycles. The van der Waals surface area contributed by atoms with Crippen molar-refractivity contribution >= 4 is 38.8 Å². The van der Waals surface area contributed by atoms with Crippen LogP contribution in [0, 0.1) is 18.3 Å². The quantitative estimate of drug-likeness (QED) is 0.402. The fourth-order valence-corrected chi connectivity index (χ4v) is 4.86. The predicted molar refractivity (Wildman–Crippen MR) is 116 cm³/mol. The Hall–Kier alpha value is -2.62. The number of unbranched alkanes of at least 4 members (excludes halogenated alkanes) is 3. The van der Waals surface area contributed by atoms with Gasteiger partial charge in [0.05, 0.1) is 15.5 Å². The number of rotatable bonds is 7. The predicted octanol–water partition coefficient (Wildman–Crippen LogP) is 5.41. The highest BCUT2D eigenvalue weighted by Crippen LogP contribution is 2.38. The van der Waals surface area contributed by atoms with Crippen LogP contribution in [0.15, 0.2) is 29.1 Å². The molecule has 7 heteroatoms. The molecule has 29 heavy (non-hydrogen) atoms. The minimum atomic E-state index is -0.571. The minimum absolute atomic E-state index is 0.0369. The maximum atomic E-state index is 13.3. The molecular weight excluding hydrogens is 408 g/mol. The molecule has 1 N–H and O–H groups in total. The summed E-state index contributed by atoms with van der Waals surface area (Å²) in [7, 11) is 0. The van der Waals surface area contributed by atoms with Crippen LogP contribution in [0.1, 0.15) is 59.0 Å². The first-order valence-electron chi connectivity index (χ1n) is 9.50. The highest BCUT2D eigenvalue weighted by molar-refractivity contribution is 7.21. The number of hydrogen-bond donors (Lipinski definition) is 1. The standard InChI is InChI=1S/C22H21ClN2O3S/c1-3-4-5-8-11-25-21(27)15(12-24)13(2)17(22(25)28)19(26)20-18(23)14-9-6-7-10-16(14)29-20/h6-7,9-10,28H,3-5,8,11H2,1-2H3. The molecule has 0 unspecified atom stereocenters. The zero-order valence-electron chi connectivity index (χ0n) is 16.3. The molecule has 0 aliphatic carbocycles. The Labute approximate surface area is 177 Å². The number of pyridine rings is 1. The number of carbonyl (C=O) groups excluding carboxylic acids is 1. The van der Waals surface area contributed by atoms with Gasteiger partial charge < -0.3 is 5.11 Å². The number of hydrogen-bond acceptors (Lipinski definition) is 5. The Morgan fingerprint density at radius 3 is 2.66 bits per heavy atom. The van der Waals surface area contributed by atoms with Crippen LogP contribution < -0.4 is 5.56 Å². The topological polar surface area (TPSA) is 83.1 Å². The van der Waals surface area contributed by atoms with Crippen LogP contribution in [0.3, 0.4) is 0 Å². The highest BCUT2D eigenvalue weighted by atomic mass is 35.5. The summed E-state index contributed by atoms with van der Waals surface area (Å²) >= 11 is 7.67. The SMILES string of the molecule is CCCCCCn1c(O)c(C(=O)c2sc3ccccc3c2Cl)c(C)c(C#N)c1=O. The number of ketones is 1. The van der Waals surface area contributed by atoms with Gasteiger partial charge in [-0.2, -0.15) is 5.26 Å². The van der Waals surface area contributed by atoms with Gasteiger partial charge in [0, 0.05) is 16.6 Å². The first-order chi connectivity index (χ1) is 13.9. The summed E-state index contributed by atoms with van der Waals surface area (Å²) in [6.07, 6.45) is 3.61. The first-order valence-corrected chi connectivity index (χ1v) is 10.7. The van der Waals surface area contributed by atoms with Crippen molar-refractivity contribution < 1.29 is 9.90 Å². The molecule has 0 radical (unpaired) electrons. The molecule has 0 bridgehead atoms. The molecule has 5 nitrogen and oxygen atoms in total. The van der Waals surface area contributed by atoms with Gasteiger partial charge in [0.25, 0.3) is 5.56 Å². The molecule has 0 spiro atoms. The number of fused-ring (bicyclic) bond motifs is 1. The van der Waals surface area contributed by atoms with E-state index >= 15 is 0 Å². The molecule has 0 aliphatic rings. The van der Waals surface area contributed by atoms with Gasteiger partial charge >= 0.3 is 0 Å². The van der Waals surface area contributed by atoms with Crippen LogP contribution in [0.5, 0.6) is 5.88 Å². The van der Waals surface area contributed by atoms with Crippen LogP contribution in [-0.4, -0.2) is 15.5 Å². The van der Waals surface area contributed by atoms with E-state index in [1.54, 1.807) is 0 Å². The minimum Gasteiger partial charge on any atom is -0.494 e. The number of halogens is 1. The Morgan fingerprint density at radius 1 is 1.28 bits per heavy atom. The smallest absolute Gasteiger partial charge is 0.271 e. The van der Waals surface area contributed by atoms with E-state index in [0.717, 1.165) is 33.9 Å². The lowest BCUT2D eigenvalue weighted by molar-refractivity contribution is 0.103. The van der Waals surface area contributed by atoms with Crippen molar-refractivity contribution in [3.63, 3.8) is 0 Å². The summed E-state index contributed by atoms with van der Waals surface area (Å²) in [5, 5.41) is 21.4. The zero-order chi connectivity index (χ0) is 21.1. The number of nitriles is 1. The summed E-state index contributed by atoms with van der Waals surface area (Å²) < 4.78 is 1.99. The van der Waals surface area contributed by atoms with Crippen molar-refractivity contribution in [2.45, 2.75) is 46.1 Å². The fraction of sp³-hybridized carbons (Fsp3) is 0.318. The van der Waals surface area contributed by atoms with Crippen LogP contribution in [-0.2, 0) is 6.54 Å². The number of carbonyl (C=O) groups is 1. The molecule has 2 aromatic heterocycles. The van der Waals surface area contributed by atoms with Gasteiger partial charge in [0.1, 0.15) is 11.6 Å². The van der Waals surface area contributed by atoms with E-state index < -0.39 is 17.2 Å². The highest BCUT2D eigenvalue weighted by Gasteiger charge is 2.27. The van der Waals surface area contributed by atoms with Gasteiger partial charge in [-0.3, -0.25) is 14.2 Å². The average Bonchev–Trinajstić information content (AvgIpc) is 3.04. The second-order valence-corrected chi connectivity index (χ2v) is 8.33. The number of aromatic hydroxyl groups is 1. The monoisotopic (exact) mass is 428 g/mol. The molecule has 0 saturated heterocycles. The number of nitrogens with zero attached hydrogens (tertiary/aromatic N) is 2. The lowest BCUT2D eigenvalue weighted by Crippen LogP contribution is -2.26. The molecule has 0 amide bonds. The van der Waals surface area contributed by atoms with E-state index in [1.165, 1.54) is 18.3 Å². The van der Waals surface area contributed by atoms with E-state index in [9.17, 15) is 20.0 Å². The lowest BCUT2D eigenvalue weighted by atomic mass is 10.0. The number of aromatic nitrogens is 1.